The molecule has 0 spiro atoms. The molecule has 0 radical (unpaired) electrons. The van der Waals surface area contributed by atoms with Gasteiger partial charge in [-0.15, -0.1) is 9.97 Å². The highest BCUT2D eigenvalue weighted by atomic mass is 15.3. The van der Waals surface area contributed by atoms with Crippen LogP contribution in [0.3, 0.4) is 0 Å². The summed E-state index contributed by atoms with van der Waals surface area (Å²) in [7, 11) is 0. The van der Waals surface area contributed by atoms with Crippen LogP contribution in [0.4, 0.5) is 17.6 Å². The predicted octanol–water partition coefficient (Wildman–Crippen LogP) is 1.96. The highest BCUT2D eigenvalue weighted by Gasteiger charge is 2.13. The molecule has 1 aromatic carbocycles. The van der Waals surface area contributed by atoms with Gasteiger partial charge in [0.1, 0.15) is 0 Å². The van der Waals surface area contributed by atoms with Crippen molar-refractivity contribution in [2.45, 2.75) is 20.4 Å². The Morgan fingerprint density at radius 1 is 1.06 bits per heavy atom. The molecule has 0 saturated carbocycles. The highest BCUT2D eigenvalue weighted by Crippen LogP contribution is 2.10. The quantitative estimate of drug-likeness (QED) is 0.789. The van der Waals surface area contributed by atoms with E-state index < -0.39 is 0 Å². The van der Waals surface area contributed by atoms with Gasteiger partial charge in [-0.1, -0.05) is 18.2 Å². The van der Waals surface area contributed by atoms with Crippen LogP contribution in [0.5, 0.6) is 0 Å². The van der Waals surface area contributed by atoms with E-state index in [0.29, 0.717) is 0 Å². The minimum atomic E-state index is 0.787. The molecule has 2 rings (SSSR count). The molecule has 0 bridgehead atoms. The monoisotopic (exact) mass is 244 g/mol. The van der Waals surface area contributed by atoms with E-state index in [1.165, 1.54) is 0 Å². The van der Waals surface area contributed by atoms with Gasteiger partial charge >= 0.3 is 11.9 Å². The maximum atomic E-state index is 4.29. The minimum absolute atomic E-state index is 0.787. The van der Waals surface area contributed by atoms with Gasteiger partial charge in [-0.3, -0.25) is 5.32 Å². The lowest BCUT2D eigenvalue weighted by molar-refractivity contribution is -0.670. The van der Waals surface area contributed by atoms with E-state index in [4.69, 9.17) is 0 Å². The molecule has 5 nitrogen and oxygen atoms in total. The summed E-state index contributed by atoms with van der Waals surface area (Å²) in [6.45, 7) is 5.76. The molecule has 0 amide bonds. The van der Waals surface area contributed by atoms with Gasteiger partial charge in [-0.05, 0) is 26.0 Å². The second-order valence-corrected chi connectivity index (χ2v) is 3.79. The number of nitrogens with zero attached hydrogens (tertiary/aromatic N) is 3. The molecule has 0 aliphatic heterocycles. The van der Waals surface area contributed by atoms with Crippen LogP contribution >= 0.6 is 0 Å². The zero-order valence-electron chi connectivity index (χ0n) is 10.7. The van der Waals surface area contributed by atoms with Crippen molar-refractivity contribution >= 4 is 17.6 Å². The lowest BCUT2D eigenvalue weighted by Gasteiger charge is -2.09. The topological polar surface area (TPSA) is 53.7 Å². The summed E-state index contributed by atoms with van der Waals surface area (Å²) >= 11 is 0. The van der Waals surface area contributed by atoms with Crippen molar-refractivity contribution in [1.29, 1.82) is 0 Å². The maximum Gasteiger partial charge on any atom is 0.328 e. The van der Waals surface area contributed by atoms with Crippen molar-refractivity contribution in [1.82, 2.24) is 9.97 Å². The zero-order chi connectivity index (χ0) is 12.8. The van der Waals surface area contributed by atoms with Crippen molar-refractivity contribution in [3.63, 3.8) is 0 Å². The largest absolute Gasteiger partial charge is 0.328 e. The van der Waals surface area contributed by atoms with Gasteiger partial charge in [-0.2, -0.15) is 0 Å². The first-order valence-corrected chi connectivity index (χ1v) is 6.16. The Bertz CT molecular complexity index is 498. The fourth-order valence-electron chi connectivity index (χ4n) is 1.73. The summed E-state index contributed by atoms with van der Waals surface area (Å²) in [6.07, 6.45) is 1.56. The van der Waals surface area contributed by atoms with E-state index in [0.717, 1.165) is 30.7 Å². The summed E-state index contributed by atoms with van der Waals surface area (Å²) in [5, 5.41) is 6.52. The van der Waals surface area contributed by atoms with Crippen molar-refractivity contribution in [2.24, 2.45) is 0 Å². The molecular formula is C13H18N5+. The Balaban J connectivity index is 2.30. The summed E-state index contributed by atoms with van der Waals surface area (Å²) in [6, 6.07) is 9.99. The van der Waals surface area contributed by atoms with Gasteiger partial charge in [0.15, 0.2) is 0 Å². The molecule has 0 saturated heterocycles. The molecule has 0 atom stereocenters. The van der Waals surface area contributed by atoms with Gasteiger partial charge < -0.3 is 5.32 Å². The molecule has 0 unspecified atom stereocenters. The molecule has 0 fully saturated rings. The predicted molar refractivity (Wildman–Crippen MR) is 71.8 cm³/mol. The SMILES string of the molecule is CCNc1ncnc(Nc2ccccc2)[n+]1CC. The Hall–Kier alpha value is -2.17. The molecule has 0 aliphatic carbocycles. The van der Waals surface area contributed by atoms with Gasteiger partial charge in [0.25, 0.3) is 0 Å². The van der Waals surface area contributed by atoms with E-state index in [1.807, 2.05) is 41.8 Å². The average molecular weight is 244 g/mol. The third kappa shape index (κ3) is 2.74. The van der Waals surface area contributed by atoms with Gasteiger partial charge in [-0.25, -0.2) is 4.57 Å². The first-order chi connectivity index (χ1) is 8.85. The average Bonchev–Trinajstić information content (AvgIpc) is 2.41. The first kappa shape index (κ1) is 12.3. The minimum Gasteiger partial charge on any atom is -0.307 e. The van der Waals surface area contributed by atoms with Gasteiger partial charge in [0, 0.05) is 6.54 Å². The van der Waals surface area contributed by atoms with E-state index in [9.17, 15) is 0 Å². The molecule has 18 heavy (non-hydrogen) atoms. The molecule has 1 aromatic heterocycles. The number of hydrogen-bond acceptors (Lipinski definition) is 4. The fraction of sp³-hybridized carbons (Fsp3) is 0.308. The summed E-state index contributed by atoms with van der Waals surface area (Å²) in [5.74, 6) is 1.61. The van der Waals surface area contributed by atoms with Crippen LogP contribution in [0, 0.1) is 0 Å². The van der Waals surface area contributed by atoms with E-state index in [2.05, 4.69) is 27.5 Å². The lowest BCUT2D eigenvalue weighted by atomic mass is 10.3. The smallest absolute Gasteiger partial charge is 0.307 e. The van der Waals surface area contributed by atoms with Crippen LogP contribution < -0.4 is 15.2 Å². The summed E-state index contributed by atoms with van der Waals surface area (Å²) in [4.78, 5) is 8.53. The molecule has 5 heteroatoms. The van der Waals surface area contributed by atoms with Crippen LogP contribution in [0.15, 0.2) is 36.7 Å². The standard InChI is InChI=1S/C13H17N5/c1-3-14-12-15-10-16-13(18(12)4-2)17-11-8-6-5-7-9-11/h5-10H,3-4H2,1-2H3,(H,14,15,16,17)/p+1. The van der Waals surface area contributed by atoms with Crippen molar-refractivity contribution in [3.8, 4) is 0 Å². The van der Waals surface area contributed by atoms with Crippen LogP contribution in [-0.4, -0.2) is 16.5 Å². The number of rotatable bonds is 5. The van der Waals surface area contributed by atoms with Crippen LogP contribution in [0.2, 0.25) is 0 Å². The highest BCUT2D eigenvalue weighted by molar-refractivity contribution is 5.50. The maximum absolute atomic E-state index is 4.29. The summed E-state index contributed by atoms with van der Waals surface area (Å²) < 4.78 is 2.01. The Morgan fingerprint density at radius 2 is 1.78 bits per heavy atom. The van der Waals surface area contributed by atoms with Crippen LogP contribution in [0.1, 0.15) is 13.8 Å². The Morgan fingerprint density at radius 3 is 2.44 bits per heavy atom. The lowest BCUT2D eigenvalue weighted by Crippen LogP contribution is -2.40. The second kappa shape index (κ2) is 5.95. The zero-order valence-corrected chi connectivity index (χ0v) is 10.7. The number of aromatic nitrogens is 3. The molecule has 94 valence electrons. The Labute approximate surface area is 107 Å². The number of benzene rings is 1. The van der Waals surface area contributed by atoms with Gasteiger partial charge in [0.2, 0.25) is 6.33 Å². The summed E-state index contributed by atoms with van der Waals surface area (Å²) in [5.41, 5.74) is 1.01. The number of anilines is 3. The number of nitrogens with one attached hydrogen (secondary N) is 2. The fourth-order valence-corrected chi connectivity index (χ4v) is 1.73. The third-order valence-corrected chi connectivity index (χ3v) is 2.55. The van der Waals surface area contributed by atoms with E-state index in [-0.39, 0.29) is 0 Å². The third-order valence-electron chi connectivity index (χ3n) is 2.55. The number of hydrogen-bond donors (Lipinski definition) is 2. The van der Waals surface area contributed by atoms with E-state index >= 15 is 0 Å². The first-order valence-electron chi connectivity index (χ1n) is 6.16. The number of para-hydroxylation sites is 1. The molecule has 2 N–H and O–H groups in total. The van der Waals surface area contributed by atoms with Crippen molar-refractivity contribution < 1.29 is 4.57 Å². The molecular weight excluding hydrogens is 226 g/mol. The van der Waals surface area contributed by atoms with Crippen molar-refractivity contribution in [2.75, 3.05) is 17.2 Å². The molecule has 1 heterocycles. The normalized spacial score (nSPS) is 10.1. The molecule has 0 aliphatic rings. The second-order valence-electron chi connectivity index (χ2n) is 3.79. The Kier molecular flexibility index (Phi) is 4.06. The van der Waals surface area contributed by atoms with Crippen LogP contribution in [-0.2, 0) is 6.54 Å². The van der Waals surface area contributed by atoms with Crippen molar-refractivity contribution in [3.05, 3.63) is 36.7 Å². The molecule has 2 aromatic rings. The van der Waals surface area contributed by atoms with Gasteiger partial charge in [0.05, 0.1) is 12.2 Å². The van der Waals surface area contributed by atoms with Crippen LogP contribution in [0.25, 0.3) is 0 Å². The van der Waals surface area contributed by atoms with E-state index in [1.54, 1.807) is 6.33 Å².